The number of thiophene rings is 1. The molecular formula is C13H20N2OS. The molecule has 94 valence electrons. The summed E-state index contributed by atoms with van der Waals surface area (Å²) in [7, 11) is 0. The number of hydrogen-bond acceptors (Lipinski definition) is 3. The predicted molar refractivity (Wildman–Crippen MR) is 71.0 cm³/mol. The van der Waals surface area contributed by atoms with Crippen molar-refractivity contribution in [3.05, 3.63) is 21.4 Å². The molecule has 1 heterocycles. The number of amides is 1. The zero-order valence-corrected chi connectivity index (χ0v) is 11.3. The van der Waals surface area contributed by atoms with Crippen molar-refractivity contribution < 1.29 is 4.79 Å². The van der Waals surface area contributed by atoms with Gasteiger partial charge in [0.15, 0.2) is 0 Å². The summed E-state index contributed by atoms with van der Waals surface area (Å²) in [5.41, 5.74) is 6.78. The standard InChI is InChI=1S/C13H20N2OS/c1-9-7-11(17-10(9)2)8-15-12(16)13(14)5-3-4-6-13/h7H,3-6,8,14H2,1-2H3,(H,15,16). The first-order valence-corrected chi connectivity index (χ1v) is 6.96. The predicted octanol–water partition coefficient (Wildman–Crippen LogP) is 2.25. The Morgan fingerprint density at radius 2 is 2.12 bits per heavy atom. The van der Waals surface area contributed by atoms with Crippen molar-refractivity contribution in [1.29, 1.82) is 0 Å². The molecule has 17 heavy (non-hydrogen) atoms. The average molecular weight is 252 g/mol. The first-order valence-electron chi connectivity index (χ1n) is 6.14. The van der Waals surface area contributed by atoms with Gasteiger partial charge in [-0.3, -0.25) is 4.79 Å². The molecule has 0 saturated heterocycles. The summed E-state index contributed by atoms with van der Waals surface area (Å²) in [4.78, 5) is 14.5. The molecule has 1 aromatic rings. The van der Waals surface area contributed by atoms with Crippen LogP contribution in [0.2, 0.25) is 0 Å². The summed E-state index contributed by atoms with van der Waals surface area (Å²) in [6, 6.07) is 2.14. The number of carbonyl (C=O) groups is 1. The first kappa shape index (κ1) is 12.6. The van der Waals surface area contributed by atoms with Crippen molar-refractivity contribution in [2.75, 3.05) is 0 Å². The summed E-state index contributed by atoms with van der Waals surface area (Å²) >= 11 is 1.74. The molecule has 3 nitrogen and oxygen atoms in total. The maximum atomic E-state index is 12.0. The maximum absolute atomic E-state index is 12.0. The molecule has 0 atom stereocenters. The van der Waals surface area contributed by atoms with Crippen molar-refractivity contribution in [3.8, 4) is 0 Å². The van der Waals surface area contributed by atoms with Crippen LogP contribution in [0.4, 0.5) is 0 Å². The highest BCUT2D eigenvalue weighted by Gasteiger charge is 2.36. The summed E-state index contributed by atoms with van der Waals surface area (Å²) in [5.74, 6) is 0.0127. The molecule has 1 aliphatic carbocycles. The topological polar surface area (TPSA) is 55.1 Å². The zero-order valence-electron chi connectivity index (χ0n) is 10.5. The molecule has 1 saturated carbocycles. The van der Waals surface area contributed by atoms with Gasteiger partial charge < -0.3 is 11.1 Å². The summed E-state index contributed by atoms with van der Waals surface area (Å²) in [6.07, 6.45) is 3.78. The Balaban J connectivity index is 1.92. The number of hydrogen-bond donors (Lipinski definition) is 2. The van der Waals surface area contributed by atoms with E-state index in [1.807, 2.05) is 0 Å². The zero-order chi connectivity index (χ0) is 12.5. The fourth-order valence-corrected chi connectivity index (χ4v) is 3.31. The highest BCUT2D eigenvalue weighted by molar-refractivity contribution is 7.12. The van der Waals surface area contributed by atoms with E-state index in [4.69, 9.17) is 5.73 Å². The lowest BCUT2D eigenvalue weighted by molar-refractivity contribution is -0.126. The highest BCUT2D eigenvalue weighted by Crippen LogP contribution is 2.27. The second-order valence-corrected chi connectivity index (χ2v) is 6.34. The first-order chi connectivity index (χ1) is 8.01. The molecule has 0 unspecified atom stereocenters. The maximum Gasteiger partial charge on any atom is 0.240 e. The van der Waals surface area contributed by atoms with Gasteiger partial charge in [0.1, 0.15) is 0 Å². The Bertz CT molecular complexity index is 400. The van der Waals surface area contributed by atoms with E-state index in [1.165, 1.54) is 15.3 Å². The highest BCUT2D eigenvalue weighted by atomic mass is 32.1. The fraction of sp³-hybridized carbons (Fsp3) is 0.615. The Hall–Kier alpha value is -0.870. The fourth-order valence-electron chi connectivity index (χ4n) is 2.31. The van der Waals surface area contributed by atoms with Crippen LogP contribution in [-0.2, 0) is 11.3 Å². The van der Waals surface area contributed by atoms with Crippen LogP contribution in [0.3, 0.4) is 0 Å². The molecule has 0 aromatic carbocycles. The average Bonchev–Trinajstić information content (AvgIpc) is 2.85. The van der Waals surface area contributed by atoms with E-state index in [-0.39, 0.29) is 5.91 Å². The van der Waals surface area contributed by atoms with Crippen molar-refractivity contribution in [3.63, 3.8) is 0 Å². The summed E-state index contributed by atoms with van der Waals surface area (Å²) < 4.78 is 0. The Morgan fingerprint density at radius 1 is 1.47 bits per heavy atom. The van der Waals surface area contributed by atoms with Crippen molar-refractivity contribution in [1.82, 2.24) is 5.32 Å². The number of rotatable bonds is 3. The second-order valence-electron chi connectivity index (χ2n) is 5.00. The van der Waals surface area contributed by atoms with Crippen LogP contribution >= 0.6 is 11.3 Å². The van der Waals surface area contributed by atoms with E-state index in [9.17, 15) is 4.79 Å². The molecule has 2 rings (SSSR count). The van der Waals surface area contributed by atoms with E-state index in [0.29, 0.717) is 6.54 Å². The molecule has 0 bridgehead atoms. The van der Waals surface area contributed by atoms with Gasteiger partial charge in [-0.2, -0.15) is 0 Å². The van der Waals surface area contributed by atoms with E-state index in [0.717, 1.165) is 25.7 Å². The van der Waals surface area contributed by atoms with E-state index in [2.05, 4.69) is 25.2 Å². The number of nitrogens with two attached hydrogens (primary N) is 1. The van der Waals surface area contributed by atoms with Gasteiger partial charge in [-0.25, -0.2) is 0 Å². The van der Waals surface area contributed by atoms with Crippen LogP contribution in [-0.4, -0.2) is 11.4 Å². The lowest BCUT2D eigenvalue weighted by Crippen LogP contribution is -2.51. The van der Waals surface area contributed by atoms with Crippen molar-refractivity contribution in [2.45, 2.75) is 51.6 Å². The number of nitrogens with one attached hydrogen (secondary N) is 1. The second kappa shape index (κ2) is 4.78. The summed E-state index contributed by atoms with van der Waals surface area (Å²) in [6.45, 7) is 4.81. The van der Waals surface area contributed by atoms with Gasteiger partial charge in [-0.05, 0) is 38.3 Å². The molecule has 0 radical (unpaired) electrons. The third kappa shape index (κ3) is 2.69. The number of carbonyl (C=O) groups excluding carboxylic acids is 1. The van der Waals surface area contributed by atoms with E-state index < -0.39 is 5.54 Å². The minimum absolute atomic E-state index is 0.0127. The molecular weight excluding hydrogens is 232 g/mol. The monoisotopic (exact) mass is 252 g/mol. The Morgan fingerprint density at radius 3 is 2.65 bits per heavy atom. The van der Waals surface area contributed by atoms with Crippen LogP contribution in [0.25, 0.3) is 0 Å². The molecule has 3 N–H and O–H groups in total. The molecule has 1 aliphatic rings. The van der Waals surface area contributed by atoms with Gasteiger partial charge in [0, 0.05) is 9.75 Å². The van der Waals surface area contributed by atoms with Crippen molar-refractivity contribution >= 4 is 17.2 Å². The SMILES string of the molecule is Cc1cc(CNC(=O)C2(N)CCCC2)sc1C. The van der Waals surface area contributed by atoms with Gasteiger partial charge in [0.25, 0.3) is 0 Å². The molecule has 0 spiro atoms. The normalized spacial score (nSPS) is 18.3. The van der Waals surface area contributed by atoms with Crippen LogP contribution < -0.4 is 11.1 Å². The van der Waals surface area contributed by atoms with Crippen LogP contribution in [0, 0.1) is 13.8 Å². The lowest BCUT2D eigenvalue weighted by atomic mass is 9.98. The molecule has 1 amide bonds. The minimum Gasteiger partial charge on any atom is -0.350 e. The van der Waals surface area contributed by atoms with E-state index in [1.54, 1.807) is 11.3 Å². The lowest BCUT2D eigenvalue weighted by Gasteiger charge is -2.21. The van der Waals surface area contributed by atoms with Gasteiger partial charge in [0.2, 0.25) is 5.91 Å². The third-order valence-electron chi connectivity index (χ3n) is 3.59. The van der Waals surface area contributed by atoms with Gasteiger partial charge in [-0.1, -0.05) is 12.8 Å². The summed E-state index contributed by atoms with van der Waals surface area (Å²) in [5, 5.41) is 2.97. The smallest absolute Gasteiger partial charge is 0.240 e. The van der Waals surface area contributed by atoms with Crippen LogP contribution in [0.1, 0.15) is 41.0 Å². The van der Waals surface area contributed by atoms with Crippen molar-refractivity contribution in [2.24, 2.45) is 5.73 Å². The van der Waals surface area contributed by atoms with Crippen LogP contribution in [0.5, 0.6) is 0 Å². The molecule has 1 aromatic heterocycles. The van der Waals surface area contributed by atoms with E-state index >= 15 is 0 Å². The minimum atomic E-state index is -0.610. The van der Waals surface area contributed by atoms with Crippen LogP contribution in [0.15, 0.2) is 6.07 Å². The van der Waals surface area contributed by atoms with Gasteiger partial charge in [0.05, 0.1) is 12.1 Å². The molecule has 4 heteroatoms. The molecule has 1 fully saturated rings. The molecule has 0 aliphatic heterocycles. The largest absolute Gasteiger partial charge is 0.350 e. The Labute approximate surface area is 106 Å². The van der Waals surface area contributed by atoms with Gasteiger partial charge in [-0.15, -0.1) is 11.3 Å². The quantitative estimate of drug-likeness (QED) is 0.867. The Kier molecular flexibility index (Phi) is 3.54. The number of aryl methyl sites for hydroxylation is 2. The van der Waals surface area contributed by atoms with Gasteiger partial charge >= 0.3 is 0 Å². The third-order valence-corrected chi connectivity index (χ3v) is 4.74.